The molecule has 0 aromatic heterocycles. The Bertz CT molecular complexity index is 476. The number of hydrogen-bond donors (Lipinski definition) is 2. The molecule has 2 rings (SSSR count). The summed E-state index contributed by atoms with van der Waals surface area (Å²) in [5.74, 6) is 0.214. The van der Waals surface area contributed by atoms with Gasteiger partial charge in [0.25, 0.3) is 0 Å². The molecule has 21 heavy (non-hydrogen) atoms. The zero-order valence-electron chi connectivity index (χ0n) is 13.0. The van der Waals surface area contributed by atoms with E-state index < -0.39 is 0 Å². The van der Waals surface area contributed by atoms with E-state index in [2.05, 4.69) is 31.3 Å². The van der Waals surface area contributed by atoms with Crippen molar-refractivity contribution in [2.75, 3.05) is 18.0 Å². The van der Waals surface area contributed by atoms with Gasteiger partial charge in [0.2, 0.25) is 5.91 Å². The second kappa shape index (κ2) is 7.57. The molecule has 0 saturated carbocycles. The van der Waals surface area contributed by atoms with Gasteiger partial charge in [0, 0.05) is 31.2 Å². The molecule has 1 amide bonds. The topological polar surface area (TPSA) is 52.6 Å². The zero-order valence-corrected chi connectivity index (χ0v) is 13.0. The molecule has 1 aromatic rings. The lowest BCUT2D eigenvalue weighted by Gasteiger charge is -2.20. The summed E-state index contributed by atoms with van der Waals surface area (Å²) in [6.07, 6.45) is 3.12. The Morgan fingerprint density at radius 3 is 2.90 bits per heavy atom. The van der Waals surface area contributed by atoms with Crippen molar-refractivity contribution in [2.24, 2.45) is 0 Å². The average molecular weight is 290 g/mol. The fourth-order valence-electron chi connectivity index (χ4n) is 2.75. The lowest BCUT2D eigenvalue weighted by molar-refractivity contribution is -0.117. The minimum atomic E-state index is -0.291. The highest BCUT2D eigenvalue weighted by Gasteiger charge is 2.22. The van der Waals surface area contributed by atoms with Gasteiger partial charge >= 0.3 is 0 Å². The number of nitrogens with zero attached hydrogens (tertiary/aromatic N) is 1. The van der Waals surface area contributed by atoms with E-state index in [9.17, 15) is 9.90 Å². The number of carbonyl (C=O) groups excluding carboxylic acids is 1. The molecule has 116 valence electrons. The predicted molar refractivity (Wildman–Crippen MR) is 85.4 cm³/mol. The molecule has 2 unspecified atom stereocenters. The van der Waals surface area contributed by atoms with Crippen LogP contribution in [0, 0.1) is 0 Å². The standard InChI is InChI=1S/C17H26N2O2/c1-3-6-16(20)12-18-13(2)14-7-4-8-15(11-14)19-10-5-9-17(19)21/h4,7-8,11,13,16,18,20H,3,5-6,9-10,12H2,1-2H3. The van der Waals surface area contributed by atoms with E-state index in [4.69, 9.17) is 0 Å². The van der Waals surface area contributed by atoms with Gasteiger partial charge in [-0.25, -0.2) is 0 Å². The van der Waals surface area contributed by atoms with Gasteiger partial charge in [-0.2, -0.15) is 0 Å². The molecule has 1 heterocycles. The Morgan fingerprint density at radius 2 is 2.24 bits per heavy atom. The summed E-state index contributed by atoms with van der Waals surface area (Å²) in [5.41, 5.74) is 2.13. The number of benzene rings is 1. The summed E-state index contributed by atoms with van der Waals surface area (Å²) >= 11 is 0. The molecule has 1 aromatic carbocycles. The first-order valence-electron chi connectivity index (χ1n) is 7.93. The number of hydrogen-bond acceptors (Lipinski definition) is 3. The molecule has 1 aliphatic rings. The third-order valence-corrected chi connectivity index (χ3v) is 4.04. The summed E-state index contributed by atoms with van der Waals surface area (Å²) < 4.78 is 0. The van der Waals surface area contributed by atoms with Crippen molar-refractivity contribution in [3.05, 3.63) is 29.8 Å². The first kappa shape index (κ1) is 16.0. The van der Waals surface area contributed by atoms with Crippen molar-refractivity contribution >= 4 is 11.6 Å². The maximum atomic E-state index is 11.8. The molecule has 1 fully saturated rings. The van der Waals surface area contributed by atoms with Crippen LogP contribution in [-0.2, 0) is 4.79 Å². The van der Waals surface area contributed by atoms with E-state index in [1.807, 2.05) is 17.0 Å². The molecular weight excluding hydrogens is 264 g/mol. The molecule has 0 aliphatic carbocycles. The summed E-state index contributed by atoms with van der Waals surface area (Å²) in [7, 11) is 0. The molecule has 0 spiro atoms. The Labute approximate surface area is 127 Å². The monoisotopic (exact) mass is 290 g/mol. The quantitative estimate of drug-likeness (QED) is 0.811. The van der Waals surface area contributed by atoms with Crippen LogP contribution in [0.1, 0.15) is 51.1 Å². The maximum absolute atomic E-state index is 11.8. The lowest BCUT2D eigenvalue weighted by Crippen LogP contribution is -2.29. The molecular formula is C17H26N2O2. The van der Waals surface area contributed by atoms with Crippen LogP contribution in [0.15, 0.2) is 24.3 Å². The molecule has 1 aliphatic heterocycles. The Balaban J connectivity index is 1.98. The van der Waals surface area contributed by atoms with Gasteiger partial charge in [-0.05, 0) is 37.5 Å². The minimum absolute atomic E-state index is 0.161. The minimum Gasteiger partial charge on any atom is -0.392 e. The summed E-state index contributed by atoms with van der Waals surface area (Å²) in [4.78, 5) is 13.7. The number of nitrogens with one attached hydrogen (secondary N) is 1. The normalized spacial score (nSPS) is 18.0. The molecule has 0 bridgehead atoms. The first-order valence-corrected chi connectivity index (χ1v) is 7.93. The SMILES string of the molecule is CCCC(O)CNC(C)c1cccc(N2CCCC2=O)c1. The predicted octanol–water partition coefficient (Wildman–Crippen LogP) is 2.63. The number of anilines is 1. The van der Waals surface area contributed by atoms with Crippen LogP contribution < -0.4 is 10.2 Å². The van der Waals surface area contributed by atoms with E-state index >= 15 is 0 Å². The van der Waals surface area contributed by atoms with Crippen LogP contribution in [0.3, 0.4) is 0 Å². The molecule has 0 radical (unpaired) electrons. The fourth-order valence-corrected chi connectivity index (χ4v) is 2.75. The van der Waals surface area contributed by atoms with Gasteiger partial charge in [0.1, 0.15) is 0 Å². The third kappa shape index (κ3) is 4.29. The first-order chi connectivity index (χ1) is 10.1. The highest BCUT2D eigenvalue weighted by molar-refractivity contribution is 5.95. The van der Waals surface area contributed by atoms with Crippen molar-refractivity contribution in [2.45, 2.75) is 51.7 Å². The smallest absolute Gasteiger partial charge is 0.227 e. The van der Waals surface area contributed by atoms with Crippen molar-refractivity contribution < 1.29 is 9.90 Å². The molecule has 2 atom stereocenters. The maximum Gasteiger partial charge on any atom is 0.227 e. The Kier molecular flexibility index (Phi) is 5.76. The van der Waals surface area contributed by atoms with E-state index in [-0.39, 0.29) is 18.1 Å². The summed E-state index contributed by atoms with van der Waals surface area (Å²) in [6.45, 7) is 5.58. The third-order valence-electron chi connectivity index (χ3n) is 4.04. The largest absolute Gasteiger partial charge is 0.392 e. The van der Waals surface area contributed by atoms with Crippen LogP contribution >= 0.6 is 0 Å². The van der Waals surface area contributed by atoms with Gasteiger partial charge in [0.05, 0.1) is 6.10 Å². The van der Waals surface area contributed by atoms with Crippen molar-refractivity contribution in [1.82, 2.24) is 5.32 Å². The van der Waals surface area contributed by atoms with E-state index in [0.29, 0.717) is 13.0 Å². The zero-order chi connectivity index (χ0) is 15.2. The number of carbonyl (C=O) groups is 1. The Morgan fingerprint density at radius 1 is 1.43 bits per heavy atom. The summed E-state index contributed by atoms with van der Waals surface area (Å²) in [6, 6.07) is 8.29. The van der Waals surface area contributed by atoms with Gasteiger partial charge in [-0.15, -0.1) is 0 Å². The van der Waals surface area contributed by atoms with Crippen molar-refractivity contribution in [3.8, 4) is 0 Å². The lowest BCUT2D eigenvalue weighted by atomic mass is 10.1. The fraction of sp³-hybridized carbons (Fsp3) is 0.588. The summed E-state index contributed by atoms with van der Waals surface area (Å²) in [5, 5.41) is 13.2. The van der Waals surface area contributed by atoms with Gasteiger partial charge in [-0.3, -0.25) is 4.79 Å². The van der Waals surface area contributed by atoms with Gasteiger partial charge < -0.3 is 15.3 Å². The van der Waals surface area contributed by atoms with Crippen LogP contribution in [0.2, 0.25) is 0 Å². The second-order valence-electron chi connectivity index (χ2n) is 5.82. The highest BCUT2D eigenvalue weighted by atomic mass is 16.3. The Hall–Kier alpha value is -1.39. The number of amides is 1. The molecule has 2 N–H and O–H groups in total. The molecule has 4 heteroatoms. The van der Waals surface area contributed by atoms with Gasteiger partial charge in [0.15, 0.2) is 0 Å². The van der Waals surface area contributed by atoms with Crippen LogP contribution in [0.25, 0.3) is 0 Å². The van der Waals surface area contributed by atoms with E-state index in [1.165, 1.54) is 0 Å². The molecule has 1 saturated heterocycles. The van der Waals surface area contributed by atoms with Crippen LogP contribution in [0.4, 0.5) is 5.69 Å². The number of aliphatic hydroxyl groups is 1. The molecule has 4 nitrogen and oxygen atoms in total. The number of aliphatic hydroxyl groups excluding tert-OH is 1. The van der Waals surface area contributed by atoms with Crippen molar-refractivity contribution in [1.29, 1.82) is 0 Å². The van der Waals surface area contributed by atoms with E-state index in [0.717, 1.165) is 37.1 Å². The van der Waals surface area contributed by atoms with Crippen LogP contribution in [-0.4, -0.2) is 30.2 Å². The second-order valence-corrected chi connectivity index (χ2v) is 5.82. The van der Waals surface area contributed by atoms with Crippen LogP contribution in [0.5, 0.6) is 0 Å². The van der Waals surface area contributed by atoms with Crippen molar-refractivity contribution in [3.63, 3.8) is 0 Å². The average Bonchev–Trinajstić information content (AvgIpc) is 2.91. The van der Waals surface area contributed by atoms with Gasteiger partial charge in [-0.1, -0.05) is 25.5 Å². The number of rotatable bonds is 7. The van der Waals surface area contributed by atoms with E-state index in [1.54, 1.807) is 0 Å². The highest BCUT2D eigenvalue weighted by Crippen LogP contribution is 2.24.